The van der Waals surface area contributed by atoms with Crippen molar-refractivity contribution in [2.24, 2.45) is 27.4 Å². The second kappa shape index (κ2) is 3.12. The summed E-state index contributed by atoms with van der Waals surface area (Å²) in [6.07, 6.45) is -3.46. The SMILES string of the molecule is C[C@@H](C(F)(F)F)C1(N)N=CNC(N)=N1. The first-order chi connectivity index (χ1) is 6.26. The molecule has 0 aromatic heterocycles. The number of alkyl halides is 3. The third-order valence-corrected chi connectivity index (χ3v) is 1.91. The van der Waals surface area contributed by atoms with Gasteiger partial charge in [-0.25, -0.2) is 9.98 Å². The van der Waals surface area contributed by atoms with Gasteiger partial charge in [0, 0.05) is 0 Å². The predicted molar refractivity (Wildman–Crippen MR) is 45.4 cm³/mol. The molecule has 0 bridgehead atoms. The van der Waals surface area contributed by atoms with Crippen molar-refractivity contribution in [1.82, 2.24) is 5.32 Å². The van der Waals surface area contributed by atoms with Crippen LogP contribution in [0.5, 0.6) is 0 Å². The zero-order valence-electron chi connectivity index (χ0n) is 7.34. The Balaban J connectivity index is 2.95. The minimum atomic E-state index is -4.47. The van der Waals surface area contributed by atoms with Crippen molar-refractivity contribution in [1.29, 1.82) is 0 Å². The average Bonchev–Trinajstić information content (AvgIpc) is 2.01. The van der Waals surface area contributed by atoms with Crippen LogP contribution in [-0.4, -0.2) is 24.3 Å². The maximum atomic E-state index is 12.3. The Morgan fingerprint density at radius 2 is 2.14 bits per heavy atom. The lowest BCUT2D eigenvalue weighted by atomic mass is 10.0. The molecule has 0 saturated carbocycles. The van der Waals surface area contributed by atoms with E-state index < -0.39 is 17.9 Å². The Morgan fingerprint density at radius 1 is 1.57 bits per heavy atom. The molecule has 1 rings (SSSR count). The fraction of sp³-hybridized carbons (Fsp3) is 0.667. The first-order valence-electron chi connectivity index (χ1n) is 3.77. The smallest absolute Gasteiger partial charge is 0.370 e. The number of rotatable bonds is 1. The Kier molecular flexibility index (Phi) is 2.40. The lowest BCUT2D eigenvalue weighted by molar-refractivity contribution is -0.185. The Morgan fingerprint density at radius 3 is 2.57 bits per heavy atom. The quantitative estimate of drug-likeness (QED) is 0.556. The van der Waals surface area contributed by atoms with Crippen LogP contribution in [0.15, 0.2) is 9.98 Å². The average molecular weight is 209 g/mol. The molecule has 8 heteroatoms. The molecule has 0 aliphatic carbocycles. The van der Waals surface area contributed by atoms with Gasteiger partial charge in [0.05, 0.1) is 6.34 Å². The number of halogens is 3. The van der Waals surface area contributed by atoms with E-state index in [1.165, 1.54) is 0 Å². The molecular formula is C6H10F3N5. The zero-order valence-corrected chi connectivity index (χ0v) is 7.34. The molecule has 0 radical (unpaired) electrons. The largest absolute Gasteiger partial charge is 0.397 e. The summed E-state index contributed by atoms with van der Waals surface area (Å²) in [6, 6.07) is 0. The monoisotopic (exact) mass is 209 g/mol. The third kappa shape index (κ3) is 1.95. The number of hydrogen-bond acceptors (Lipinski definition) is 5. The molecule has 1 unspecified atom stereocenters. The van der Waals surface area contributed by atoms with Gasteiger partial charge >= 0.3 is 6.18 Å². The first-order valence-corrected chi connectivity index (χ1v) is 3.77. The molecule has 0 aromatic rings. The molecule has 80 valence electrons. The highest BCUT2D eigenvalue weighted by Gasteiger charge is 2.49. The van der Waals surface area contributed by atoms with Crippen molar-refractivity contribution in [3.63, 3.8) is 0 Å². The van der Waals surface area contributed by atoms with Crippen LogP contribution in [0.4, 0.5) is 13.2 Å². The highest BCUT2D eigenvalue weighted by atomic mass is 19.4. The second-order valence-electron chi connectivity index (χ2n) is 2.95. The van der Waals surface area contributed by atoms with Crippen molar-refractivity contribution in [3.05, 3.63) is 0 Å². The van der Waals surface area contributed by atoms with E-state index in [0.717, 1.165) is 13.3 Å². The predicted octanol–water partition coefficient (Wildman–Crippen LogP) is -0.256. The Labute approximate surface area is 78.1 Å². The fourth-order valence-corrected chi connectivity index (χ4v) is 0.905. The highest BCUT2D eigenvalue weighted by Crippen LogP contribution is 2.34. The van der Waals surface area contributed by atoms with Crippen molar-refractivity contribution in [3.8, 4) is 0 Å². The molecule has 14 heavy (non-hydrogen) atoms. The van der Waals surface area contributed by atoms with E-state index in [1.807, 2.05) is 0 Å². The summed E-state index contributed by atoms with van der Waals surface area (Å²) < 4.78 is 37.0. The minimum Gasteiger partial charge on any atom is -0.370 e. The molecule has 1 aliphatic heterocycles. The topological polar surface area (TPSA) is 88.8 Å². The van der Waals surface area contributed by atoms with E-state index in [9.17, 15) is 13.2 Å². The fourth-order valence-electron chi connectivity index (χ4n) is 0.905. The lowest BCUT2D eigenvalue weighted by Crippen LogP contribution is -2.54. The van der Waals surface area contributed by atoms with Gasteiger partial charge in [0.2, 0.25) is 5.79 Å². The molecule has 0 saturated heterocycles. The van der Waals surface area contributed by atoms with E-state index in [-0.39, 0.29) is 5.96 Å². The molecule has 5 nitrogen and oxygen atoms in total. The number of guanidine groups is 1. The van der Waals surface area contributed by atoms with Gasteiger partial charge in [0.25, 0.3) is 0 Å². The second-order valence-corrected chi connectivity index (χ2v) is 2.95. The molecular weight excluding hydrogens is 199 g/mol. The van der Waals surface area contributed by atoms with Gasteiger partial charge in [-0.1, -0.05) is 0 Å². The standard InChI is InChI=1S/C6H10F3N5/c1-3(5(7,8)9)6(11)13-2-12-4(10)14-6/h2-3H,11H2,1H3,(H3,10,12,13,14)/t3-,6?/m0/s1. The molecule has 0 amide bonds. The number of nitrogens with zero attached hydrogens (tertiary/aromatic N) is 2. The van der Waals surface area contributed by atoms with Crippen LogP contribution in [0.1, 0.15) is 6.92 Å². The summed E-state index contributed by atoms with van der Waals surface area (Å²) in [5.41, 5.74) is 10.5. The Bertz CT molecular complexity index is 284. The van der Waals surface area contributed by atoms with Crippen LogP contribution in [0.3, 0.4) is 0 Å². The zero-order chi connectivity index (χ0) is 11.0. The van der Waals surface area contributed by atoms with Gasteiger partial charge in [0.15, 0.2) is 5.96 Å². The summed E-state index contributed by atoms with van der Waals surface area (Å²) in [5, 5.41) is 2.33. The molecule has 2 atom stereocenters. The van der Waals surface area contributed by atoms with E-state index in [4.69, 9.17) is 11.5 Å². The Hall–Kier alpha value is -1.31. The molecule has 5 N–H and O–H groups in total. The first kappa shape index (κ1) is 10.8. The lowest BCUT2D eigenvalue weighted by Gasteiger charge is -2.31. The summed E-state index contributed by atoms with van der Waals surface area (Å²) in [7, 11) is 0. The molecule has 1 heterocycles. The van der Waals surface area contributed by atoms with E-state index in [1.54, 1.807) is 0 Å². The summed E-state index contributed by atoms with van der Waals surface area (Å²) in [5.74, 6) is -4.14. The van der Waals surface area contributed by atoms with Crippen LogP contribution in [0, 0.1) is 5.92 Å². The highest BCUT2D eigenvalue weighted by molar-refractivity contribution is 5.90. The van der Waals surface area contributed by atoms with Crippen LogP contribution in [0.2, 0.25) is 0 Å². The molecule has 0 aromatic carbocycles. The van der Waals surface area contributed by atoms with E-state index >= 15 is 0 Å². The maximum Gasteiger partial charge on any atom is 0.397 e. The minimum absolute atomic E-state index is 0.182. The van der Waals surface area contributed by atoms with Gasteiger partial charge in [0.1, 0.15) is 5.92 Å². The van der Waals surface area contributed by atoms with Crippen LogP contribution in [-0.2, 0) is 0 Å². The summed E-state index contributed by atoms with van der Waals surface area (Å²) in [6.45, 7) is 0.902. The van der Waals surface area contributed by atoms with Crippen molar-refractivity contribution in [2.75, 3.05) is 0 Å². The normalized spacial score (nSPS) is 29.4. The van der Waals surface area contributed by atoms with Crippen LogP contribution < -0.4 is 16.8 Å². The molecule has 0 spiro atoms. The van der Waals surface area contributed by atoms with E-state index in [0.29, 0.717) is 0 Å². The van der Waals surface area contributed by atoms with Crippen LogP contribution >= 0.6 is 0 Å². The number of aliphatic imine (C=N–C) groups is 2. The van der Waals surface area contributed by atoms with Crippen molar-refractivity contribution >= 4 is 12.3 Å². The van der Waals surface area contributed by atoms with Gasteiger partial charge in [-0.2, -0.15) is 13.2 Å². The van der Waals surface area contributed by atoms with E-state index in [2.05, 4.69) is 15.3 Å². The van der Waals surface area contributed by atoms with Crippen molar-refractivity contribution in [2.45, 2.75) is 18.9 Å². The molecule has 1 aliphatic rings. The van der Waals surface area contributed by atoms with Crippen molar-refractivity contribution < 1.29 is 13.2 Å². The van der Waals surface area contributed by atoms with Gasteiger partial charge in [-0.3, -0.25) is 5.73 Å². The molecule has 0 fully saturated rings. The van der Waals surface area contributed by atoms with Gasteiger partial charge in [-0.05, 0) is 6.92 Å². The number of hydrogen-bond donors (Lipinski definition) is 3. The van der Waals surface area contributed by atoms with Crippen LogP contribution in [0.25, 0.3) is 0 Å². The maximum absolute atomic E-state index is 12.3. The summed E-state index contributed by atoms with van der Waals surface area (Å²) >= 11 is 0. The third-order valence-electron chi connectivity index (χ3n) is 1.91. The van der Waals surface area contributed by atoms with Gasteiger partial charge < -0.3 is 11.1 Å². The summed E-state index contributed by atoms with van der Waals surface area (Å²) in [4.78, 5) is 6.86. The number of nitrogens with one attached hydrogen (secondary N) is 1. The van der Waals surface area contributed by atoms with Gasteiger partial charge in [-0.15, -0.1) is 0 Å². The number of nitrogens with two attached hydrogens (primary N) is 2.